The normalized spacial score (nSPS) is 14.2. The summed E-state index contributed by atoms with van der Waals surface area (Å²) in [5.74, 6) is 0.161. The van der Waals surface area contributed by atoms with E-state index in [4.69, 9.17) is 10.5 Å². The summed E-state index contributed by atoms with van der Waals surface area (Å²) in [6.45, 7) is 3.84. The Morgan fingerprint density at radius 1 is 1.50 bits per heavy atom. The minimum atomic E-state index is -0.191. The van der Waals surface area contributed by atoms with Gasteiger partial charge in [0.15, 0.2) is 0 Å². The number of nitrogens with two attached hydrogens (primary N) is 1. The highest BCUT2D eigenvalue weighted by Crippen LogP contribution is 2.28. The van der Waals surface area contributed by atoms with Crippen LogP contribution in [0.4, 0.5) is 5.82 Å². The number of carbonyl (C=O) groups excluding carboxylic acids is 1. The number of nitrogen functional groups attached to an aromatic ring is 1. The fraction of sp³-hybridized carbons (Fsp3) is 0.455. The van der Waals surface area contributed by atoms with Gasteiger partial charge in [0.05, 0.1) is 13.0 Å². The van der Waals surface area contributed by atoms with Crippen LogP contribution in [0.5, 0.6) is 0 Å². The summed E-state index contributed by atoms with van der Waals surface area (Å²) in [4.78, 5) is 16.3. The van der Waals surface area contributed by atoms with Crippen LogP contribution in [0, 0.1) is 5.92 Å². The summed E-state index contributed by atoms with van der Waals surface area (Å²) >= 11 is 1.59. The van der Waals surface area contributed by atoms with Crippen LogP contribution < -0.4 is 5.73 Å². The molecule has 0 aromatic carbocycles. The molecule has 88 valence electrons. The molecule has 0 radical (unpaired) electrons. The summed E-state index contributed by atoms with van der Waals surface area (Å²) < 4.78 is 4.70. The first kappa shape index (κ1) is 12.8. The van der Waals surface area contributed by atoms with Crippen molar-refractivity contribution in [2.75, 3.05) is 12.8 Å². The fourth-order valence-corrected chi connectivity index (χ4v) is 2.16. The molecule has 2 unspecified atom stereocenters. The number of rotatable bonds is 4. The van der Waals surface area contributed by atoms with Crippen molar-refractivity contribution in [2.24, 2.45) is 5.92 Å². The molecule has 0 aliphatic carbocycles. The Morgan fingerprint density at radius 3 is 2.69 bits per heavy atom. The molecule has 2 atom stereocenters. The van der Waals surface area contributed by atoms with Crippen LogP contribution in [0.2, 0.25) is 0 Å². The fourth-order valence-electron chi connectivity index (χ4n) is 1.16. The van der Waals surface area contributed by atoms with Gasteiger partial charge in [-0.1, -0.05) is 13.8 Å². The quantitative estimate of drug-likeness (QED) is 0.643. The van der Waals surface area contributed by atoms with E-state index in [1.165, 1.54) is 7.11 Å². The molecular weight excluding hydrogens is 224 g/mol. The van der Waals surface area contributed by atoms with E-state index in [2.05, 4.69) is 4.98 Å². The van der Waals surface area contributed by atoms with Crippen LogP contribution in [0.15, 0.2) is 23.2 Å². The summed E-state index contributed by atoms with van der Waals surface area (Å²) in [6.07, 6.45) is 1.71. The van der Waals surface area contributed by atoms with Gasteiger partial charge in [-0.15, -0.1) is 11.8 Å². The number of carbonyl (C=O) groups is 1. The van der Waals surface area contributed by atoms with Crippen molar-refractivity contribution in [3.8, 4) is 0 Å². The second-order valence-electron chi connectivity index (χ2n) is 3.55. The highest BCUT2D eigenvalue weighted by Gasteiger charge is 2.21. The van der Waals surface area contributed by atoms with E-state index in [1.807, 2.05) is 19.9 Å². The molecule has 2 N–H and O–H groups in total. The van der Waals surface area contributed by atoms with Crippen molar-refractivity contribution in [1.29, 1.82) is 0 Å². The van der Waals surface area contributed by atoms with Crippen molar-refractivity contribution in [3.63, 3.8) is 0 Å². The van der Waals surface area contributed by atoms with E-state index in [9.17, 15) is 4.79 Å². The van der Waals surface area contributed by atoms with Gasteiger partial charge in [0.1, 0.15) is 5.82 Å². The lowest BCUT2D eigenvalue weighted by molar-refractivity contribution is -0.144. The van der Waals surface area contributed by atoms with Crippen LogP contribution in [-0.2, 0) is 9.53 Å². The monoisotopic (exact) mass is 240 g/mol. The minimum absolute atomic E-state index is 0.137. The number of esters is 1. The molecule has 1 aromatic rings. The maximum atomic E-state index is 11.3. The number of pyridine rings is 1. The van der Waals surface area contributed by atoms with Crippen LogP contribution in [0.25, 0.3) is 0 Å². The van der Waals surface area contributed by atoms with Crippen LogP contribution >= 0.6 is 11.8 Å². The van der Waals surface area contributed by atoms with Gasteiger partial charge in [-0.3, -0.25) is 4.79 Å². The molecule has 0 spiro atoms. The number of hydrogen-bond acceptors (Lipinski definition) is 5. The third-order valence-electron chi connectivity index (χ3n) is 2.36. The summed E-state index contributed by atoms with van der Waals surface area (Å²) in [6, 6.07) is 3.64. The van der Waals surface area contributed by atoms with Gasteiger partial charge in [0.2, 0.25) is 0 Å². The van der Waals surface area contributed by atoms with Gasteiger partial charge >= 0.3 is 5.97 Å². The summed E-state index contributed by atoms with van der Waals surface area (Å²) in [5, 5.41) is 0.137. The average molecular weight is 240 g/mol. The molecule has 4 nitrogen and oxygen atoms in total. The van der Waals surface area contributed by atoms with Crippen molar-refractivity contribution in [2.45, 2.75) is 24.0 Å². The minimum Gasteiger partial charge on any atom is -0.469 e. The lowest BCUT2D eigenvalue weighted by atomic mass is 10.1. The van der Waals surface area contributed by atoms with Gasteiger partial charge in [0, 0.05) is 16.3 Å². The number of aromatic nitrogens is 1. The topological polar surface area (TPSA) is 65.2 Å². The van der Waals surface area contributed by atoms with Crippen molar-refractivity contribution in [1.82, 2.24) is 4.98 Å². The maximum Gasteiger partial charge on any atom is 0.309 e. The molecule has 0 bridgehead atoms. The lowest BCUT2D eigenvalue weighted by Crippen LogP contribution is -2.21. The van der Waals surface area contributed by atoms with E-state index < -0.39 is 0 Å². The average Bonchev–Trinajstić information content (AvgIpc) is 2.30. The molecule has 0 saturated carbocycles. The Morgan fingerprint density at radius 2 is 2.19 bits per heavy atom. The molecule has 1 aromatic heterocycles. The Balaban J connectivity index is 2.60. The zero-order valence-corrected chi connectivity index (χ0v) is 10.5. The Hall–Kier alpha value is -1.23. The molecular formula is C11H16N2O2S. The maximum absolute atomic E-state index is 11.3. The van der Waals surface area contributed by atoms with E-state index >= 15 is 0 Å². The third kappa shape index (κ3) is 3.41. The molecule has 0 saturated heterocycles. The smallest absolute Gasteiger partial charge is 0.309 e. The number of anilines is 1. The zero-order valence-electron chi connectivity index (χ0n) is 9.64. The van der Waals surface area contributed by atoms with Crippen LogP contribution in [-0.4, -0.2) is 23.3 Å². The Labute approximate surface area is 99.6 Å². The zero-order chi connectivity index (χ0) is 12.1. The molecule has 0 aliphatic heterocycles. The Bertz CT molecular complexity index is 354. The number of thioether (sulfide) groups is 1. The first-order valence-corrected chi connectivity index (χ1v) is 5.88. The van der Waals surface area contributed by atoms with Gasteiger partial charge in [-0.25, -0.2) is 4.98 Å². The van der Waals surface area contributed by atoms with E-state index in [-0.39, 0.29) is 17.1 Å². The third-order valence-corrected chi connectivity index (χ3v) is 3.65. The Kier molecular flexibility index (Phi) is 4.61. The molecule has 0 amide bonds. The van der Waals surface area contributed by atoms with Gasteiger partial charge in [-0.05, 0) is 12.1 Å². The number of nitrogens with zero attached hydrogens (tertiary/aromatic N) is 1. The van der Waals surface area contributed by atoms with Gasteiger partial charge in [0.25, 0.3) is 0 Å². The number of methoxy groups -OCH3 is 1. The second-order valence-corrected chi connectivity index (χ2v) is 5.00. The molecule has 16 heavy (non-hydrogen) atoms. The molecule has 1 heterocycles. The van der Waals surface area contributed by atoms with Crippen molar-refractivity contribution >= 4 is 23.5 Å². The van der Waals surface area contributed by atoms with Crippen molar-refractivity contribution < 1.29 is 9.53 Å². The van der Waals surface area contributed by atoms with Gasteiger partial charge in [-0.2, -0.15) is 0 Å². The molecule has 0 fully saturated rings. The van der Waals surface area contributed by atoms with Crippen molar-refractivity contribution in [3.05, 3.63) is 18.3 Å². The van der Waals surface area contributed by atoms with E-state index in [0.717, 1.165) is 4.90 Å². The largest absolute Gasteiger partial charge is 0.469 e. The molecule has 1 rings (SSSR count). The first-order chi connectivity index (χ1) is 7.54. The van der Waals surface area contributed by atoms with Gasteiger partial charge < -0.3 is 10.5 Å². The highest BCUT2D eigenvalue weighted by molar-refractivity contribution is 8.00. The number of hydrogen-bond donors (Lipinski definition) is 1. The summed E-state index contributed by atoms with van der Waals surface area (Å²) in [5.41, 5.74) is 5.49. The predicted molar refractivity (Wildman–Crippen MR) is 65.1 cm³/mol. The number of ether oxygens (including phenoxy) is 1. The predicted octanol–water partition coefficient (Wildman–Crippen LogP) is 1.95. The second kappa shape index (κ2) is 5.75. The first-order valence-electron chi connectivity index (χ1n) is 5.00. The van der Waals surface area contributed by atoms with Crippen LogP contribution in [0.3, 0.4) is 0 Å². The highest BCUT2D eigenvalue weighted by atomic mass is 32.2. The standard InChI is InChI=1S/C11H16N2O2S/c1-7(11(14)15-3)8(2)16-9-4-5-10(12)13-6-9/h4-8H,1-3H3,(H2,12,13). The van der Waals surface area contributed by atoms with Crippen LogP contribution in [0.1, 0.15) is 13.8 Å². The lowest BCUT2D eigenvalue weighted by Gasteiger charge is -2.16. The van der Waals surface area contributed by atoms with E-state index in [1.54, 1.807) is 24.0 Å². The molecule has 5 heteroatoms. The molecule has 0 aliphatic rings. The van der Waals surface area contributed by atoms with E-state index in [0.29, 0.717) is 5.82 Å². The summed E-state index contributed by atoms with van der Waals surface area (Å²) in [7, 11) is 1.40. The SMILES string of the molecule is COC(=O)C(C)C(C)Sc1ccc(N)nc1.